The molecule has 96 valence electrons. The Labute approximate surface area is 107 Å². The van der Waals surface area contributed by atoms with Crippen LogP contribution in [0.5, 0.6) is 0 Å². The zero-order chi connectivity index (χ0) is 12.5. The molecule has 1 aliphatic heterocycles. The third kappa shape index (κ3) is 2.60. The number of carbonyl (C=O) groups excluding carboxylic acids is 1. The van der Waals surface area contributed by atoms with Crippen LogP contribution in [0.1, 0.15) is 32.1 Å². The molecule has 0 aromatic carbocycles. The van der Waals surface area contributed by atoms with Gasteiger partial charge in [-0.3, -0.25) is 4.79 Å². The highest BCUT2D eigenvalue weighted by molar-refractivity contribution is 7.80. The molecule has 1 aliphatic carbocycles. The lowest BCUT2D eigenvalue weighted by Crippen LogP contribution is -2.44. The molecule has 1 heterocycles. The summed E-state index contributed by atoms with van der Waals surface area (Å²) in [5, 5.41) is 0. The van der Waals surface area contributed by atoms with Gasteiger partial charge in [0.25, 0.3) is 0 Å². The second-order valence-electron chi connectivity index (χ2n) is 5.12. The van der Waals surface area contributed by atoms with Crippen LogP contribution in [0, 0.1) is 5.41 Å². The van der Waals surface area contributed by atoms with Crippen molar-refractivity contribution < 1.29 is 9.53 Å². The van der Waals surface area contributed by atoms with E-state index in [-0.39, 0.29) is 12.0 Å². The van der Waals surface area contributed by atoms with E-state index < -0.39 is 5.41 Å². The van der Waals surface area contributed by atoms with Gasteiger partial charge in [0.15, 0.2) is 0 Å². The summed E-state index contributed by atoms with van der Waals surface area (Å²) in [7, 11) is 1.82. The number of likely N-dealkylation sites (N-methyl/N-ethyl adjacent to an activating group) is 1. The molecule has 2 rings (SSSR count). The summed E-state index contributed by atoms with van der Waals surface area (Å²) in [4.78, 5) is 14.3. The lowest BCUT2D eigenvalue weighted by atomic mass is 10.0. The first-order valence-corrected chi connectivity index (χ1v) is 6.64. The van der Waals surface area contributed by atoms with E-state index in [1.807, 2.05) is 7.05 Å². The number of rotatable bonds is 4. The van der Waals surface area contributed by atoms with Crippen LogP contribution in [0.25, 0.3) is 0 Å². The number of carbonyl (C=O) groups is 1. The second kappa shape index (κ2) is 4.90. The molecule has 0 bridgehead atoms. The highest BCUT2D eigenvalue weighted by Gasteiger charge is 2.54. The Balaban J connectivity index is 1.89. The summed E-state index contributed by atoms with van der Waals surface area (Å²) in [6.45, 7) is 1.47. The molecular formula is C12H20N2O2S. The molecular weight excluding hydrogens is 236 g/mol. The van der Waals surface area contributed by atoms with E-state index in [1.165, 1.54) is 6.42 Å². The summed E-state index contributed by atoms with van der Waals surface area (Å²) in [6, 6.07) is 0. The van der Waals surface area contributed by atoms with Gasteiger partial charge >= 0.3 is 0 Å². The van der Waals surface area contributed by atoms with Crippen LogP contribution in [0.15, 0.2) is 0 Å². The maximum absolute atomic E-state index is 12.2. The van der Waals surface area contributed by atoms with Crippen molar-refractivity contribution in [3.05, 3.63) is 0 Å². The minimum absolute atomic E-state index is 0.0687. The summed E-state index contributed by atoms with van der Waals surface area (Å²) >= 11 is 4.99. The van der Waals surface area contributed by atoms with E-state index in [9.17, 15) is 4.79 Å². The monoisotopic (exact) mass is 256 g/mol. The predicted octanol–water partition coefficient (Wildman–Crippen LogP) is 1.08. The number of ether oxygens (including phenoxy) is 1. The summed E-state index contributed by atoms with van der Waals surface area (Å²) in [5.41, 5.74) is 5.13. The van der Waals surface area contributed by atoms with Crippen molar-refractivity contribution in [3.63, 3.8) is 0 Å². The number of nitrogens with zero attached hydrogens (tertiary/aromatic N) is 1. The van der Waals surface area contributed by atoms with Crippen LogP contribution < -0.4 is 5.73 Å². The van der Waals surface area contributed by atoms with Crippen molar-refractivity contribution in [2.45, 2.75) is 38.2 Å². The van der Waals surface area contributed by atoms with Gasteiger partial charge in [0.2, 0.25) is 5.91 Å². The molecule has 1 unspecified atom stereocenters. The number of thiocarbonyl (C=S) groups is 1. The summed E-state index contributed by atoms with van der Waals surface area (Å²) in [6.07, 6.45) is 5.14. The molecule has 1 atom stereocenters. The highest BCUT2D eigenvalue weighted by atomic mass is 32.1. The molecule has 2 aliphatic rings. The molecule has 0 radical (unpaired) electrons. The van der Waals surface area contributed by atoms with Crippen LogP contribution in [0.3, 0.4) is 0 Å². The van der Waals surface area contributed by atoms with Gasteiger partial charge < -0.3 is 15.4 Å². The molecule has 5 heteroatoms. The lowest BCUT2D eigenvalue weighted by molar-refractivity contribution is -0.135. The normalized spacial score (nSPS) is 26.3. The largest absolute Gasteiger partial charge is 0.392 e. The highest BCUT2D eigenvalue weighted by Crippen LogP contribution is 2.47. The molecule has 17 heavy (non-hydrogen) atoms. The van der Waals surface area contributed by atoms with Gasteiger partial charge in [-0.05, 0) is 32.1 Å². The number of hydrogen-bond donors (Lipinski definition) is 1. The van der Waals surface area contributed by atoms with Crippen LogP contribution in [-0.4, -0.2) is 42.1 Å². The first kappa shape index (κ1) is 12.8. The van der Waals surface area contributed by atoms with E-state index in [0.29, 0.717) is 11.5 Å². The maximum Gasteiger partial charge on any atom is 0.235 e. The SMILES string of the molecule is CN(CC1CCCCO1)C(=O)C1(C(N)=S)CC1. The van der Waals surface area contributed by atoms with E-state index in [1.54, 1.807) is 4.90 Å². The van der Waals surface area contributed by atoms with Gasteiger partial charge in [0.1, 0.15) is 0 Å². The average Bonchev–Trinajstić information content (AvgIpc) is 3.10. The Morgan fingerprint density at radius 2 is 2.24 bits per heavy atom. The molecule has 0 aromatic rings. The summed E-state index contributed by atoms with van der Waals surface area (Å²) in [5.74, 6) is 0.0687. The van der Waals surface area contributed by atoms with Crippen molar-refractivity contribution in [3.8, 4) is 0 Å². The van der Waals surface area contributed by atoms with E-state index in [4.69, 9.17) is 22.7 Å². The van der Waals surface area contributed by atoms with Gasteiger partial charge in [-0.2, -0.15) is 0 Å². The third-order valence-electron chi connectivity index (χ3n) is 3.73. The number of nitrogens with two attached hydrogens (primary N) is 1. The van der Waals surface area contributed by atoms with E-state index >= 15 is 0 Å². The van der Waals surface area contributed by atoms with E-state index in [0.717, 1.165) is 32.3 Å². The van der Waals surface area contributed by atoms with Gasteiger partial charge in [0.05, 0.1) is 16.5 Å². The van der Waals surface area contributed by atoms with Gasteiger partial charge in [-0.15, -0.1) is 0 Å². The standard InChI is InChI=1S/C12H20N2O2S/c1-14(8-9-4-2-3-7-16-9)11(15)12(5-6-12)10(13)17/h9H,2-8H2,1H3,(H2,13,17). The first-order valence-electron chi connectivity index (χ1n) is 6.23. The van der Waals surface area contributed by atoms with Gasteiger partial charge in [0, 0.05) is 20.2 Å². The first-order chi connectivity index (χ1) is 8.06. The van der Waals surface area contributed by atoms with Crippen molar-refractivity contribution >= 4 is 23.1 Å². The van der Waals surface area contributed by atoms with Crippen molar-refractivity contribution in [1.29, 1.82) is 0 Å². The van der Waals surface area contributed by atoms with E-state index in [2.05, 4.69) is 0 Å². The zero-order valence-electron chi connectivity index (χ0n) is 10.3. The molecule has 4 nitrogen and oxygen atoms in total. The second-order valence-corrected chi connectivity index (χ2v) is 5.56. The molecule has 1 saturated carbocycles. The third-order valence-corrected chi connectivity index (χ3v) is 4.12. The fourth-order valence-electron chi connectivity index (χ4n) is 2.40. The van der Waals surface area contributed by atoms with Gasteiger partial charge in [-0.25, -0.2) is 0 Å². The van der Waals surface area contributed by atoms with Crippen LogP contribution in [-0.2, 0) is 9.53 Å². The Morgan fingerprint density at radius 1 is 1.53 bits per heavy atom. The summed E-state index contributed by atoms with van der Waals surface area (Å²) < 4.78 is 5.63. The molecule has 1 amide bonds. The topological polar surface area (TPSA) is 55.6 Å². The molecule has 0 aromatic heterocycles. The number of amides is 1. The molecule has 2 fully saturated rings. The Kier molecular flexibility index (Phi) is 3.68. The number of hydrogen-bond acceptors (Lipinski definition) is 3. The maximum atomic E-state index is 12.2. The average molecular weight is 256 g/mol. The molecule has 2 N–H and O–H groups in total. The molecule has 1 saturated heterocycles. The minimum atomic E-state index is -0.529. The Bertz CT molecular complexity index is 322. The predicted molar refractivity (Wildman–Crippen MR) is 69.7 cm³/mol. The minimum Gasteiger partial charge on any atom is -0.392 e. The van der Waals surface area contributed by atoms with Crippen LogP contribution >= 0.6 is 12.2 Å². The van der Waals surface area contributed by atoms with Crippen molar-refractivity contribution in [2.75, 3.05) is 20.2 Å². The van der Waals surface area contributed by atoms with Crippen LogP contribution in [0.4, 0.5) is 0 Å². The molecule has 0 spiro atoms. The fraction of sp³-hybridized carbons (Fsp3) is 0.833. The van der Waals surface area contributed by atoms with Crippen molar-refractivity contribution in [1.82, 2.24) is 4.90 Å². The Hall–Kier alpha value is -0.680. The van der Waals surface area contributed by atoms with Gasteiger partial charge in [-0.1, -0.05) is 12.2 Å². The Morgan fingerprint density at radius 3 is 2.71 bits per heavy atom. The smallest absolute Gasteiger partial charge is 0.235 e. The quantitative estimate of drug-likeness (QED) is 0.765. The van der Waals surface area contributed by atoms with Crippen LogP contribution in [0.2, 0.25) is 0 Å². The fourth-order valence-corrected chi connectivity index (χ4v) is 2.69. The lowest BCUT2D eigenvalue weighted by Gasteiger charge is -2.29. The van der Waals surface area contributed by atoms with Crippen molar-refractivity contribution in [2.24, 2.45) is 11.1 Å². The zero-order valence-corrected chi connectivity index (χ0v) is 11.1.